The Bertz CT molecular complexity index is 868. The van der Waals surface area contributed by atoms with E-state index in [1.54, 1.807) is 0 Å². The highest BCUT2D eigenvalue weighted by Gasteiger charge is 2.11. The van der Waals surface area contributed by atoms with Crippen molar-refractivity contribution in [3.8, 4) is 5.75 Å². The summed E-state index contributed by atoms with van der Waals surface area (Å²) < 4.78 is 6.45. The van der Waals surface area contributed by atoms with Gasteiger partial charge in [-0.2, -0.15) is 0 Å². The molecule has 0 spiro atoms. The predicted octanol–water partition coefficient (Wildman–Crippen LogP) is 4.10. The molecule has 0 aliphatic rings. The number of amides is 1. The summed E-state index contributed by atoms with van der Waals surface area (Å²) in [6.45, 7) is 2.55. The molecule has 0 bridgehead atoms. The first kappa shape index (κ1) is 18.7. The lowest BCUT2D eigenvalue weighted by atomic mass is 10.1. The van der Waals surface area contributed by atoms with Crippen LogP contribution in [0.1, 0.15) is 18.6 Å². The highest BCUT2D eigenvalue weighted by molar-refractivity contribution is 8.00. The lowest BCUT2D eigenvalue weighted by molar-refractivity contribution is -0.113. The summed E-state index contributed by atoms with van der Waals surface area (Å²) in [5.41, 5.74) is 1.69. The van der Waals surface area contributed by atoms with Gasteiger partial charge < -0.3 is 15.2 Å². The number of nitrogens with one attached hydrogen (secondary N) is 1. The molecule has 26 heavy (non-hydrogen) atoms. The van der Waals surface area contributed by atoms with Crippen LogP contribution >= 0.6 is 23.1 Å². The molecule has 1 atom stereocenters. The molecule has 2 aromatic carbocycles. The Morgan fingerprint density at radius 3 is 2.88 bits per heavy atom. The van der Waals surface area contributed by atoms with E-state index >= 15 is 0 Å². The van der Waals surface area contributed by atoms with Crippen molar-refractivity contribution in [2.24, 2.45) is 0 Å². The molecule has 7 heteroatoms. The van der Waals surface area contributed by atoms with E-state index in [4.69, 9.17) is 4.74 Å². The van der Waals surface area contributed by atoms with Crippen LogP contribution in [0.5, 0.6) is 5.75 Å². The summed E-state index contributed by atoms with van der Waals surface area (Å²) in [7, 11) is 0. The minimum Gasteiger partial charge on any atom is -0.494 e. The number of benzene rings is 2. The van der Waals surface area contributed by atoms with Crippen LogP contribution in [0.4, 0.5) is 5.13 Å². The van der Waals surface area contributed by atoms with Crippen LogP contribution in [0.15, 0.2) is 48.5 Å². The molecule has 3 aromatic rings. The number of carbonyl (C=O) groups is 1. The van der Waals surface area contributed by atoms with E-state index < -0.39 is 6.10 Å². The molecule has 3 rings (SSSR count). The molecule has 0 saturated heterocycles. The van der Waals surface area contributed by atoms with Gasteiger partial charge in [0.25, 0.3) is 0 Å². The largest absolute Gasteiger partial charge is 0.494 e. The molecule has 0 fully saturated rings. The van der Waals surface area contributed by atoms with Gasteiger partial charge in [-0.25, -0.2) is 4.98 Å². The van der Waals surface area contributed by atoms with Gasteiger partial charge in [-0.3, -0.25) is 4.79 Å². The van der Waals surface area contributed by atoms with Crippen LogP contribution in [0, 0.1) is 0 Å². The molecule has 1 heterocycles. The number of anilines is 1. The number of ether oxygens (including phenoxy) is 1. The molecule has 2 N–H and O–H groups in total. The lowest BCUT2D eigenvalue weighted by Gasteiger charge is -2.10. The molecular weight excluding hydrogens is 368 g/mol. The topological polar surface area (TPSA) is 71.5 Å². The number of thiazole rings is 1. The molecule has 136 valence electrons. The predicted molar refractivity (Wildman–Crippen MR) is 108 cm³/mol. The molecule has 0 aliphatic carbocycles. The molecule has 0 radical (unpaired) electrons. The van der Waals surface area contributed by atoms with Crippen molar-refractivity contribution in [2.75, 3.05) is 23.4 Å². The average Bonchev–Trinajstić information content (AvgIpc) is 3.04. The van der Waals surface area contributed by atoms with Gasteiger partial charge in [0, 0.05) is 5.75 Å². The van der Waals surface area contributed by atoms with Crippen LogP contribution < -0.4 is 10.1 Å². The second-order valence-corrected chi connectivity index (χ2v) is 7.63. The minimum atomic E-state index is -0.576. The molecule has 5 nitrogen and oxygen atoms in total. The van der Waals surface area contributed by atoms with Gasteiger partial charge in [-0.15, -0.1) is 11.8 Å². The fraction of sp³-hybridized carbons (Fsp3) is 0.263. The molecule has 0 aliphatic heterocycles. The van der Waals surface area contributed by atoms with Gasteiger partial charge in [-0.1, -0.05) is 41.7 Å². The first-order chi connectivity index (χ1) is 12.7. The van der Waals surface area contributed by atoms with Gasteiger partial charge in [0.05, 0.1) is 28.7 Å². The molecule has 1 aromatic heterocycles. The van der Waals surface area contributed by atoms with Crippen molar-refractivity contribution in [1.82, 2.24) is 4.98 Å². The SMILES string of the molecule is CCOc1ccc2nc(NC(=O)CSCC(O)c3ccccc3)sc2c1. The van der Waals surface area contributed by atoms with E-state index in [0.717, 1.165) is 21.5 Å². The monoisotopic (exact) mass is 388 g/mol. The second-order valence-electron chi connectivity index (χ2n) is 5.57. The number of fused-ring (bicyclic) bond motifs is 1. The average molecular weight is 389 g/mol. The van der Waals surface area contributed by atoms with Gasteiger partial charge in [0.2, 0.25) is 5.91 Å². The quantitative estimate of drug-likeness (QED) is 0.608. The minimum absolute atomic E-state index is 0.126. The Hall–Kier alpha value is -2.09. The van der Waals surface area contributed by atoms with Crippen LogP contribution in [-0.2, 0) is 4.79 Å². The zero-order chi connectivity index (χ0) is 18.4. The van der Waals surface area contributed by atoms with E-state index in [9.17, 15) is 9.90 Å². The van der Waals surface area contributed by atoms with Crippen molar-refractivity contribution >= 4 is 44.4 Å². The Labute approximate surface area is 160 Å². The van der Waals surface area contributed by atoms with E-state index in [-0.39, 0.29) is 11.7 Å². The maximum Gasteiger partial charge on any atom is 0.236 e. The van der Waals surface area contributed by atoms with E-state index in [1.165, 1.54) is 23.1 Å². The summed E-state index contributed by atoms with van der Waals surface area (Å²) >= 11 is 2.81. The number of hydrogen-bond donors (Lipinski definition) is 2. The van der Waals surface area contributed by atoms with E-state index in [2.05, 4.69) is 10.3 Å². The highest BCUT2D eigenvalue weighted by atomic mass is 32.2. The Kier molecular flexibility index (Phi) is 6.49. The number of aliphatic hydroxyl groups excluding tert-OH is 1. The zero-order valence-electron chi connectivity index (χ0n) is 14.3. The first-order valence-corrected chi connectivity index (χ1v) is 10.3. The number of thioether (sulfide) groups is 1. The smallest absolute Gasteiger partial charge is 0.236 e. The first-order valence-electron chi connectivity index (χ1n) is 8.29. The molecule has 1 amide bonds. The fourth-order valence-corrected chi connectivity index (χ4v) is 4.11. The molecule has 0 saturated carbocycles. The number of aromatic nitrogens is 1. The Balaban J connectivity index is 1.51. The van der Waals surface area contributed by atoms with Gasteiger partial charge in [-0.05, 0) is 30.7 Å². The third-order valence-electron chi connectivity index (χ3n) is 3.61. The van der Waals surface area contributed by atoms with Crippen molar-refractivity contribution in [3.63, 3.8) is 0 Å². The summed E-state index contributed by atoms with van der Waals surface area (Å²) in [4.78, 5) is 16.5. The summed E-state index contributed by atoms with van der Waals surface area (Å²) in [6.07, 6.45) is -0.576. The van der Waals surface area contributed by atoms with Crippen LogP contribution in [-0.4, -0.2) is 34.1 Å². The van der Waals surface area contributed by atoms with Crippen molar-refractivity contribution in [3.05, 3.63) is 54.1 Å². The summed E-state index contributed by atoms with van der Waals surface area (Å²) in [5.74, 6) is 1.41. The Morgan fingerprint density at radius 2 is 2.12 bits per heavy atom. The number of hydrogen-bond acceptors (Lipinski definition) is 6. The van der Waals surface area contributed by atoms with E-state index in [1.807, 2.05) is 55.5 Å². The molecular formula is C19H20N2O3S2. The van der Waals surface area contributed by atoms with Crippen molar-refractivity contribution in [1.29, 1.82) is 0 Å². The van der Waals surface area contributed by atoms with Gasteiger partial charge in [0.15, 0.2) is 5.13 Å². The lowest BCUT2D eigenvalue weighted by Crippen LogP contribution is -2.15. The van der Waals surface area contributed by atoms with Crippen LogP contribution in [0.3, 0.4) is 0 Å². The van der Waals surface area contributed by atoms with Crippen molar-refractivity contribution in [2.45, 2.75) is 13.0 Å². The van der Waals surface area contributed by atoms with Crippen LogP contribution in [0.25, 0.3) is 10.2 Å². The van der Waals surface area contributed by atoms with Gasteiger partial charge >= 0.3 is 0 Å². The maximum atomic E-state index is 12.1. The Morgan fingerprint density at radius 1 is 1.31 bits per heavy atom. The van der Waals surface area contributed by atoms with Crippen LogP contribution in [0.2, 0.25) is 0 Å². The van der Waals surface area contributed by atoms with Crippen molar-refractivity contribution < 1.29 is 14.6 Å². The zero-order valence-corrected chi connectivity index (χ0v) is 16.0. The normalized spacial score (nSPS) is 12.1. The third kappa shape index (κ3) is 4.97. The maximum absolute atomic E-state index is 12.1. The van der Waals surface area contributed by atoms with Gasteiger partial charge in [0.1, 0.15) is 5.75 Å². The number of carbonyl (C=O) groups excluding carboxylic acids is 1. The molecule has 1 unspecified atom stereocenters. The highest BCUT2D eigenvalue weighted by Crippen LogP contribution is 2.29. The summed E-state index contributed by atoms with van der Waals surface area (Å²) in [5, 5.41) is 13.5. The summed E-state index contributed by atoms with van der Waals surface area (Å²) in [6, 6.07) is 15.1. The standard InChI is InChI=1S/C19H20N2O3S2/c1-2-24-14-8-9-15-17(10-14)26-19(20-15)21-18(23)12-25-11-16(22)13-6-4-3-5-7-13/h3-10,16,22H,2,11-12H2,1H3,(H,20,21,23). The van der Waals surface area contributed by atoms with E-state index in [0.29, 0.717) is 17.5 Å². The fourth-order valence-electron chi connectivity index (χ4n) is 2.40. The third-order valence-corrected chi connectivity index (χ3v) is 5.56. The number of nitrogens with zero attached hydrogens (tertiary/aromatic N) is 1. The second kappa shape index (κ2) is 9.02. The number of rotatable bonds is 8. The number of aliphatic hydroxyl groups is 1.